The van der Waals surface area contributed by atoms with Gasteiger partial charge in [0.1, 0.15) is 0 Å². The van der Waals surface area contributed by atoms with E-state index in [2.05, 4.69) is 4.98 Å². The molecule has 0 saturated carbocycles. The number of phenols is 1. The van der Waals surface area contributed by atoms with Crippen molar-refractivity contribution in [2.75, 3.05) is 0 Å². The van der Waals surface area contributed by atoms with E-state index >= 15 is 0 Å². The molecule has 0 spiro atoms. The van der Waals surface area contributed by atoms with Crippen molar-refractivity contribution in [2.24, 2.45) is 0 Å². The lowest BCUT2D eigenvalue weighted by Crippen LogP contribution is -2.12. The van der Waals surface area contributed by atoms with E-state index in [1.807, 2.05) is 29.8 Å². The second-order valence-corrected chi connectivity index (χ2v) is 9.99. The highest BCUT2D eigenvalue weighted by Gasteiger charge is 2.24. The second-order valence-electron chi connectivity index (χ2n) is 7.40. The number of phenolic OH excluding ortho intramolecular Hbond substituents is 1. The Kier molecular flexibility index (Phi) is 4.83. The van der Waals surface area contributed by atoms with Crippen molar-refractivity contribution in [2.45, 2.75) is 11.8 Å². The number of aromatic nitrogens is 2. The van der Waals surface area contributed by atoms with Gasteiger partial charge in [-0.05, 0) is 53.6 Å². The van der Waals surface area contributed by atoms with Crippen LogP contribution in [0, 0.1) is 12.7 Å². The van der Waals surface area contributed by atoms with Crippen LogP contribution in [0.2, 0.25) is 0 Å². The summed E-state index contributed by atoms with van der Waals surface area (Å²) in [4.78, 5) is 4.57. The number of hydrogen-bond donors (Lipinski definition) is 1. The van der Waals surface area contributed by atoms with E-state index in [0.717, 1.165) is 26.7 Å². The lowest BCUT2D eigenvalue weighted by molar-refractivity contribution is 0.434. The van der Waals surface area contributed by atoms with Crippen molar-refractivity contribution in [1.29, 1.82) is 0 Å². The zero-order chi connectivity index (χ0) is 22.5. The summed E-state index contributed by atoms with van der Waals surface area (Å²) in [5, 5.41) is 14.8. The van der Waals surface area contributed by atoms with Crippen LogP contribution in [0.5, 0.6) is 5.75 Å². The second kappa shape index (κ2) is 7.58. The highest BCUT2D eigenvalue weighted by molar-refractivity contribution is 7.90. The van der Waals surface area contributed by atoms with Gasteiger partial charge in [-0.15, -0.1) is 0 Å². The first-order valence-corrected chi connectivity index (χ1v) is 12.1. The summed E-state index contributed by atoms with van der Waals surface area (Å²) in [7, 11) is -3.98. The molecule has 0 radical (unpaired) electrons. The molecule has 0 atom stereocenters. The van der Waals surface area contributed by atoms with Crippen molar-refractivity contribution in [1.82, 2.24) is 8.96 Å². The molecule has 2 aromatic carbocycles. The van der Waals surface area contributed by atoms with Gasteiger partial charge in [0, 0.05) is 34.5 Å². The van der Waals surface area contributed by atoms with Crippen LogP contribution >= 0.6 is 11.3 Å². The first-order chi connectivity index (χ1) is 15.4. The number of benzene rings is 2. The van der Waals surface area contributed by atoms with Crippen molar-refractivity contribution >= 4 is 32.4 Å². The molecule has 32 heavy (non-hydrogen) atoms. The maximum absolute atomic E-state index is 14.1. The summed E-state index contributed by atoms with van der Waals surface area (Å²) in [6.07, 6.45) is 3.00. The van der Waals surface area contributed by atoms with E-state index in [1.54, 1.807) is 24.4 Å². The SMILES string of the molecule is Cc1ccc(S(=O)(=O)n2cc(-c3cccc(F)c3O)c3cc(-c4ccsc4)cnc32)cc1. The van der Waals surface area contributed by atoms with E-state index in [1.165, 1.54) is 35.7 Å². The molecule has 0 aliphatic rings. The molecule has 0 fully saturated rings. The monoisotopic (exact) mass is 464 g/mol. The number of rotatable bonds is 4. The molecule has 5 rings (SSSR count). The number of nitrogens with zero attached hydrogens (tertiary/aromatic N) is 2. The maximum Gasteiger partial charge on any atom is 0.269 e. The van der Waals surface area contributed by atoms with Gasteiger partial charge in [-0.3, -0.25) is 0 Å². The number of aromatic hydroxyl groups is 1. The number of thiophene rings is 1. The van der Waals surface area contributed by atoms with E-state index in [9.17, 15) is 17.9 Å². The van der Waals surface area contributed by atoms with Gasteiger partial charge in [0.2, 0.25) is 0 Å². The zero-order valence-electron chi connectivity index (χ0n) is 16.9. The Morgan fingerprint density at radius 1 is 1.03 bits per heavy atom. The highest BCUT2D eigenvalue weighted by Crippen LogP contribution is 2.39. The molecule has 5 aromatic rings. The lowest BCUT2D eigenvalue weighted by Gasteiger charge is -2.07. The van der Waals surface area contributed by atoms with Gasteiger partial charge in [0.05, 0.1) is 4.90 Å². The largest absolute Gasteiger partial charge is 0.504 e. The maximum atomic E-state index is 14.1. The Balaban J connectivity index is 1.81. The highest BCUT2D eigenvalue weighted by atomic mass is 32.2. The fourth-order valence-electron chi connectivity index (χ4n) is 3.62. The summed E-state index contributed by atoms with van der Waals surface area (Å²) in [6.45, 7) is 1.87. The molecule has 0 saturated heterocycles. The van der Waals surface area contributed by atoms with Crippen molar-refractivity contribution in [3.05, 3.63) is 89.1 Å². The molecule has 160 valence electrons. The Hall–Kier alpha value is -3.49. The average Bonchev–Trinajstić information content (AvgIpc) is 3.44. The molecule has 0 unspecified atom stereocenters. The molecule has 1 N–H and O–H groups in total. The first kappa shape index (κ1) is 20.4. The van der Waals surface area contributed by atoms with Crippen LogP contribution in [-0.4, -0.2) is 22.5 Å². The fraction of sp³-hybridized carbons (Fsp3) is 0.0417. The fourth-order valence-corrected chi connectivity index (χ4v) is 5.61. The Morgan fingerprint density at radius 2 is 1.81 bits per heavy atom. The predicted molar refractivity (Wildman–Crippen MR) is 124 cm³/mol. The molecular formula is C24H17FN2O3S2. The minimum absolute atomic E-state index is 0.110. The molecule has 0 bridgehead atoms. The van der Waals surface area contributed by atoms with Crippen LogP contribution < -0.4 is 0 Å². The standard InChI is InChI=1S/C24H17FN2O3S2/c1-15-5-7-18(8-6-15)32(29,30)27-13-21(19-3-2-4-22(25)23(19)28)20-11-17(12-26-24(20)27)16-9-10-31-14-16/h2-14,28H,1H3. The van der Waals surface area contributed by atoms with Crippen molar-refractivity contribution in [3.8, 4) is 28.0 Å². The van der Waals surface area contributed by atoms with Crippen LogP contribution in [0.3, 0.4) is 0 Å². The Morgan fingerprint density at radius 3 is 2.53 bits per heavy atom. The number of halogens is 1. The van der Waals surface area contributed by atoms with E-state index < -0.39 is 21.6 Å². The van der Waals surface area contributed by atoms with Gasteiger partial charge in [0.25, 0.3) is 10.0 Å². The number of pyridine rings is 1. The number of aryl methyl sites for hydroxylation is 1. The van der Waals surface area contributed by atoms with Gasteiger partial charge in [-0.25, -0.2) is 21.8 Å². The molecule has 0 amide bonds. The third-order valence-electron chi connectivity index (χ3n) is 5.32. The minimum Gasteiger partial charge on any atom is -0.504 e. The number of fused-ring (bicyclic) bond motifs is 1. The van der Waals surface area contributed by atoms with Gasteiger partial charge >= 0.3 is 0 Å². The van der Waals surface area contributed by atoms with Gasteiger partial charge in [-0.1, -0.05) is 29.8 Å². The molecule has 8 heteroatoms. The topological polar surface area (TPSA) is 72.2 Å². The first-order valence-electron chi connectivity index (χ1n) is 9.70. The molecule has 5 nitrogen and oxygen atoms in total. The normalized spacial score (nSPS) is 11.8. The van der Waals surface area contributed by atoms with Crippen molar-refractivity contribution < 1.29 is 17.9 Å². The zero-order valence-corrected chi connectivity index (χ0v) is 18.5. The number of hydrogen-bond acceptors (Lipinski definition) is 5. The van der Waals surface area contributed by atoms with Crippen LogP contribution in [0.25, 0.3) is 33.3 Å². The summed E-state index contributed by atoms with van der Waals surface area (Å²) in [5.74, 6) is -1.33. The minimum atomic E-state index is -3.98. The van der Waals surface area contributed by atoms with Crippen LogP contribution in [-0.2, 0) is 10.0 Å². The van der Waals surface area contributed by atoms with Crippen LogP contribution in [0.1, 0.15) is 5.56 Å². The summed E-state index contributed by atoms with van der Waals surface area (Å²) >= 11 is 1.53. The average molecular weight is 465 g/mol. The third kappa shape index (κ3) is 3.28. The van der Waals surface area contributed by atoms with E-state index in [-0.39, 0.29) is 16.1 Å². The molecule has 3 aromatic heterocycles. The lowest BCUT2D eigenvalue weighted by atomic mass is 10.0. The van der Waals surface area contributed by atoms with Gasteiger partial charge in [-0.2, -0.15) is 11.3 Å². The summed E-state index contributed by atoms with van der Waals surface area (Å²) < 4.78 is 42.1. The predicted octanol–water partition coefficient (Wildman–Crippen LogP) is 5.82. The van der Waals surface area contributed by atoms with Crippen LogP contribution in [0.4, 0.5) is 4.39 Å². The third-order valence-corrected chi connectivity index (χ3v) is 7.67. The Labute approximate surface area is 188 Å². The van der Waals surface area contributed by atoms with E-state index in [0.29, 0.717) is 10.9 Å². The molecular weight excluding hydrogens is 447 g/mol. The quantitative estimate of drug-likeness (QED) is 0.364. The Bertz CT molecular complexity index is 1560. The van der Waals surface area contributed by atoms with Crippen molar-refractivity contribution in [3.63, 3.8) is 0 Å². The van der Waals surface area contributed by atoms with E-state index in [4.69, 9.17) is 0 Å². The smallest absolute Gasteiger partial charge is 0.269 e. The van der Waals surface area contributed by atoms with Gasteiger partial charge in [0.15, 0.2) is 17.2 Å². The summed E-state index contributed by atoms with van der Waals surface area (Å²) in [6, 6.07) is 14.4. The molecule has 0 aliphatic carbocycles. The molecule has 3 heterocycles. The summed E-state index contributed by atoms with van der Waals surface area (Å²) in [5.41, 5.74) is 3.43. The van der Waals surface area contributed by atoms with Gasteiger partial charge < -0.3 is 5.11 Å². The number of para-hydroxylation sites is 1. The molecule has 0 aliphatic heterocycles. The van der Waals surface area contributed by atoms with Crippen LogP contribution in [0.15, 0.2) is 82.6 Å².